The fourth-order valence-corrected chi connectivity index (χ4v) is 2.65. The molecule has 1 saturated heterocycles. The quantitative estimate of drug-likeness (QED) is 0.727. The highest BCUT2D eigenvalue weighted by Gasteiger charge is 2.70. The smallest absolute Gasteiger partial charge is 0.317 e. The molecule has 3 nitrogen and oxygen atoms in total. The Kier molecular flexibility index (Phi) is 1.68. The number of hydrogen-bond acceptors (Lipinski definition) is 3. The van der Waals surface area contributed by atoms with Crippen LogP contribution in [0.3, 0.4) is 0 Å². The van der Waals surface area contributed by atoms with Crippen LogP contribution in [0.2, 0.25) is 0 Å². The van der Waals surface area contributed by atoms with E-state index in [2.05, 4.69) is 0 Å². The first-order valence-corrected chi connectivity index (χ1v) is 5.16. The van der Waals surface area contributed by atoms with Gasteiger partial charge in [-0.15, -0.1) is 0 Å². The normalized spacial score (nSPS) is 37.3. The third-order valence-corrected chi connectivity index (χ3v) is 3.56. The van der Waals surface area contributed by atoms with Crippen LogP contribution in [0.15, 0.2) is 30.3 Å². The second-order valence-corrected chi connectivity index (χ2v) is 4.27. The van der Waals surface area contributed by atoms with Crippen LogP contribution >= 0.6 is 0 Å². The number of rotatable bonds is 2. The molecule has 1 saturated carbocycles. The minimum Gasteiger partial charge on any atom is -0.459 e. The molecular weight excluding hydrogens is 192 g/mol. The maximum atomic E-state index is 11.8. The van der Waals surface area contributed by atoms with E-state index < -0.39 is 5.41 Å². The van der Waals surface area contributed by atoms with Gasteiger partial charge in [0.2, 0.25) is 0 Å². The van der Waals surface area contributed by atoms with Crippen molar-refractivity contribution in [3.63, 3.8) is 0 Å². The second kappa shape index (κ2) is 2.83. The summed E-state index contributed by atoms with van der Waals surface area (Å²) in [5, 5.41) is 9.07. The van der Waals surface area contributed by atoms with Crippen molar-refractivity contribution in [3.8, 4) is 0 Å². The second-order valence-electron chi connectivity index (χ2n) is 4.27. The molecule has 1 N–H and O–H groups in total. The summed E-state index contributed by atoms with van der Waals surface area (Å²) >= 11 is 0. The van der Waals surface area contributed by atoms with Crippen LogP contribution in [0.5, 0.6) is 0 Å². The van der Waals surface area contributed by atoms with Gasteiger partial charge in [0.25, 0.3) is 0 Å². The van der Waals surface area contributed by atoms with E-state index in [-0.39, 0.29) is 24.6 Å². The monoisotopic (exact) mass is 204 g/mol. The summed E-state index contributed by atoms with van der Waals surface area (Å²) in [5.41, 5.74) is 0.588. The van der Waals surface area contributed by atoms with Crippen LogP contribution in [0.4, 0.5) is 0 Å². The molecule has 0 amide bonds. The van der Waals surface area contributed by atoms with Crippen LogP contribution in [0.1, 0.15) is 12.0 Å². The van der Waals surface area contributed by atoms with Crippen LogP contribution in [0, 0.1) is 5.92 Å². The summed E-state index contributed by atoms with van der Waals surface area (Å²) in [5.74, 6) is 0.00940. The summed E-state index contributed by atoms with van der Waals surface area (Å²) in [6, 6.07) is 9.71. The van der Waals surface area contributed by atoms with E-state index in [9.17, 15) is 4.79 Å². The third kappa shape index (κ3) is 1.01. The van der Waals surface area contributed by atoms with Gasteiger partial charge >= 0.3 is 5.97 Å². The maximum absolute atomic E-state index is 11.8. The molecule has 15 heavy (non-hydrogen) atoms. The molecule has 1 aromatic rings. The average Bonchev–Trinajstić information content (AvgIpc) is 2.98. The summed E-state index contributed by atoms with van der Waals surface area (Å²) in [7, 11) is 0. The van der Waals surface area contributed by atoms with Gasteiger partial charge in [-0.05, 0) is 12.0 Å². The van der Waals surface area contributed by atoms with Gasteiger partial charge in [0.15, 0.2) is 0 Å². The number of aliphatic hydroxyl groups is 1. The third-order valence-electron chi connectivity index (χ3n) is 3.56. The van der Waals surface area contributed by atoms with E-state index in [1.54, 1.807) is 0 Å². The molecule has 1 aromatic carbocycles. The van der Waals surface area contributed by atoms with Crippen molar-refractivity contribution >= 4 is 5.97 Å². The fourth-order valence-electron chi connectivity index (χ4n) is 2.65. The molecule has 0 unspecified atom stereocenters. The average molecular weight is 204 g/mol. The molecule has 1 aliphatic carbocycles. The van der Waals surface area contributed by atoms with Gasteiger partial charge in [0.05, 0.1) is 12.0 Å². The van der Waals surface area contributed by atoms with Gasteiger partial charge in [-0.25, -0.2) is 0 Å². The number of fused-ring (bicyclic) bond motifs is 1. The lowest BCUT2D eigenvalue weighted by atomic mass is 9.94. The lowest BCUT2D eigenvalue weighted by Crippen LogP contribution is -2.19. The zero-order chi connectivity index (χ0) is 10.5. The highest BCUT2D eigenvalue weighted by molar-refractivity contribution is 5.90. The first-order valence-electron chi connectivity index (χ1n) is 5.16. The Labute approximate surface area is 87.7 Å². The van der Waals surface area contributed by atoms with Crippen LogP contribution in [-0.2, 0) is 14.9 Å². The largest absolute Gasteiger partial charge is 0.459 e. The number of esters is 1. The highest BCUT2D eigenvalue weighted by Crippen LogP contribution is 2.61. The van der Waals surface area contributed by atoms with Crippen LogP contribution < -0.4 is 0 Å². The number of ether oxygens (including phenoxy) is 1. The standard InChI is InChI=1S/C12H12O3/c13-7-10-9-6-12(9,11(14)15-10)8-4-2-1-3-5-8/h1-5,9-10,13H,6-7H2/t9-,10-,12+/m1/s1. The Bertz CT molecular complexity index is 401. The van der Waals surface area contributed by atoms with Gasteiger partial charge in [0.1, 0.15) is 6.10 Å². The van der Waals surface area contributed by atoms with Crippen LogP contribution in [0.25, 0.3) is 0 Å². The molecule has 2 aliphatic rings. The molecule has 3 rings (SSSR count). The minimum absolute atomic E-state index is 0.0645. The Hall–Kier alpha value is -1.35. The van der Waals surface area contributed by atoms with E-state index in [1.807, 2.05) is 30.3 Å². The molecule has 3 heteroatoms. The van der Waals surface area contributed by atoms with Gasteiger partial charge in [-0.3, -0.25) is 4.79 Å². The minimum atomic E-state index is -0.436. The Morgan fingerprint density at radius 1 is 1.40 bits per heavy atom. The molecule has 0 spiro atoms. The number of hydrogen-bond donors (Lipinski definition) is 1. The van der Waals surface area contributed by atoms with Crippen molar-refractivity contribution in [1.82, 2.24) is 0 Å². The van der Waals surface area contributed by atoms with E-state index in [4.69, 9.17) is 9.84 Å². The molecule has 3 atom stereocenters. The van der Waals surface area contributed by atoms with E-state index in [0.717, 1.165) is 12.0 Å². The zero-order valence-corrected chi connectivity index (χ0v) is 8.22. The zero-order valence-electron chi connectivity index (χ0n) is 8.22. The lowest BCUT2D eigenvalue weighted by Gasteiger charge is -2.09. The van der Waals surface area contributed by atoms with Gasteiger partial charge < -0.3 is 9.84 Å². The van der Waals surface area contributed by atoms with Crippen molar-refractivity contribution < 1.29 is 14.6 Å². The fraction of sp³-hybridized carbons (Fsp3) is 0.417. The van der Waals surface area contributed by atoms with Gasteiger partial charge in [-0.2, -0.15) is 0 Å². The first kappa shape index (κ1) is 8.92. The van der Waals surface area contributed by atoms with Crippen molar-refractivity contribution in [3.05, 3.63) is 35.9 Å². The van der Waals surface area contributed by atoms with Gasteiger partial charge in [-0.1, -0.05) is 30.3 Å². The van der Waals surface area contributed by atoms with Gasteiger partial charge in [0, 0.05) is 5.92 Å². The van der Waals surface area contributed by atoms with Crippen molar-refractivity contribution in [2.75, 3.05) is 6.61 Å². The van der Waals surface area contributed by atoms with Crippen LogP contribution in [-0.4, -0.2) is 23.8 Å². The topological polar surface area (TPSA) is 46.5 Å². The predicted octanol–water partition coefficient (Wildman–Crippen LogP) is 0.862. The number of cyclic esters (lactones) is 1. The summed E-state index contributed by atoms with van der Waals surface area (Å²) in [6.07, 6.45) is 0.527. The Morgan fingerprint density at radius 2 is 2.13 bits per heavy atom. The lowest BCUT2D eigenvalue weighted by molar-refractivity contribution is -0.147. The summed E-state index contributed by atoms with van der Waals surface area (Å²) in [4.78, 5) is 11.8. The number of aliphatic hydroxyl groups excluding tert-OH is 1. The molecule has 0 bridgehead atoms. The summed E-state index contributed by atoms with van der Waals surface area (Å²) in [6.45, 7) is -0.0645. The molecule has 1 heterocycles. The molecule has 0 radical (unpaired) electrons. The van der Waals surface area contributed by atoms with E-state index in [0.29, 0.717) is 0 Å². The Balaban J connectivity index is 1.99. The molecule has 2 fully saturated rings. The molecule has 0 aromatic heterocycles. The summed E-state index contributed by atoms with van der Waals surface area (Å²) < 4.78 is 5.14. The van der Waals surface area contributed by atoms with Crippen molar-refractivity contribution in [2.24, 2.45) is 5.92 Å². The van der Waals surface area contributed by atoms with Crippen molar-refractivity contribution in [2.45, 2.75) is 17.9 Å². The SMILES string of the molecule is O=C1O[C@H](CO)[C@H]2C[C@@]12c1ccccc1. The maximum Gasteiger partial charge on any atom is 0.317 e. The number of benzene rings is 1. The van der Waals surface area contributed by atoms with E-state index in [1.165, 1.54) is 0 Å². The first-order chi connectivity index (χ1) is 7.29. The molecule has 78 valence electrons. The van der Waals surface area contributed by atoms with Crippen molar-refractivity contribution in [1.29, 1.82) is 0 Å². The number of carbonyl (C=O) groups excluding carboxylic acids is 1. The number of carbonyl (C=O) groups is 1. The van der Waals surface area contributed by atoms with E-state index >= 15 is 0 Å². The highest BCUT2D eigenvalue weighted by atomic mass is 16.6. The Morgan fingerprint density at radius 3 is 2.67 bits per heavy atom. The predicted molar refractivity (Wildman–Crippen MR) is 53.2 cm³/mol. The molecular formula is C12H12O3. The molecule has 1 aliphatic heterocycles.